The SMILES string of the molecule is CCn1c(C2CCCCC2)nc(CC(C)(C)OC)c1N. The number of hydrogen-bond donors (Lipinski definition) is 1. The number of anilines is 1. The molecule has 1 aliphatic carbocycles. The summed E-state index contributed by atoms with van der Waals surface area (Å²) < 4.78 is 7.73. The van der Waals surface area contributed by atoms with Gasteiger partial charge in [-0.1, -0.05) is 19.3 Å². The van der Waals surface area contributed by atoms with Gasteiger partial charge in [-0.3, -0.25) is 0 Å². The van der Waals surface area contributed by atoms with Gasteiger partial charge in [-0.05, 0) is 33.6 Å². The highest BCUT2D eigenvalue weighted by Crippen LogP contribution is 2.34. The van der Waals surface area contributed by atoms with Crippen molar-refractivity contribution < 1.29 is 4.74 Å². The van der Waals surface area contributed by atoms with Gasteiger partial charge in [0.15, 0.2) is 0 Å². The van der Waals surface area contributed by atoms with Crippen molar-refractivity contribution >= 4 is 5.82 Å². The lowest BCUT2D eigenvalue weighted by atomic mass is 9.88. The molecule has 0 saturated heterocycles. The van der Waals surface area contributed by atoms with Crippen molar-refractivity contribution in [1.82, 2.24) is 9.55 Å². The van der Waals surface area contributed by atoms with E-state index in [9.17, 15) is 0 Å². The number of imidazole rings is 1. The second-order valence-electron chi connectivity index (χ2n) is 6.52. The first-order chi connectivity index (χ1) is 9.48. The maximum absolute atomic E-state index is 6.33. The minimum atomic E-state index is -0.217. The fourth-order valence-corrected chi connectivity index (χ4v) is 3.15. The van der Waals surface area contributed by atoms with E-state index in [1.165, 1.54) is 37.9 Å². The standard InChI is InChI=1S/C16H29N3O/c1-5-19-14(17)13(11-16(2,3)20-4)18-15(19)12-9-7-6-8-10-12/h12H,5-11,17H2,1-4H3. The Kier molecular flexibility index (Phi) is 4.74. The molecule has 2 rings (SSSR count). The molecule has 0 aromatic carbocycles. The van der Waals surface area contributed by atoms with Crippen LogP contribution in [0.4, 0.5) is 5.82 Å². The molecule has 1 aromatic heterocycles. The van der Waals surface area contributed by atoms with Gasteiger partial charge in [0.25, 0.3) is 0 Å². The Bertz CT molecular complexity index is 445. The summed E-state index contributed by atoms with van der Waals surface area (Å²) in [7, 11) is 1.75. The summed E-state index contributed by atoms with van der Waals surface area (Å²) in [6.07, 6.45) is 7.28. The van der Waals surface area contributed by atoms with Crippen molar-refractivity contribution in [2.24, 2.45) is 0 Å². The average Bonchev–Trinajstić information content (AvgIpc) is 2.76. The van der Waals surface area contributed by atoms with Crippen LogP contribution in [0.2, 0.25) is 0 Å². The fourth-order valence-electron chi connectivity index (χ4n) is 3.15. The third kappa shape index (κ3) is 3.17. The molecule has 1 heterocycles. The van der Waals surface area contributed by atoms with Crippen molar-refractivity contribution in [3.05, 3.63) is 11.5 Å². The quantitative estimate of drug-likeness (QED) is 0.897. The molecule has 0 amide bonds. The maximum atomic E-state index is 6.33. The van der Waals surface area contributed by atoms with E-state index >= 15 is 0 Å². The van der Waals surface area contributed by atoms with Crippen molar-refractivity contribution in [2.45, 2.75) is 77.4 Å². The van der Waals surface area contributed by atoms with Gasteiger partial charge < -0.3 is 15.0 Å². The van der Waals surface area contributed by atoms with Crippen LogP contribution in [-0.4, -0.2) is 22.3 Å². The molecular weight excluding hydrogens is 250 g/mol. The molecule has 20 heavy (non-hydrogen) atoms. The summed E-state index contributed by atoms with van der Waals surface area (Å²) in [6.45, 7) is 7.21. The van der Waals surface area contributed by atoms with Gasteiger partial charge in [-0.25, -0.2) is 4.98 Å². The lowest BCUT2D eigenvalue weighted by molar-refractivity contribution is 0.0226. The normalized spacial score (nSPS) is 17.6. The number of hydrogen-bond acceptors (Lipinski definition) is 3. The van der Waals surface area contributed by atoms with Gasteiger partial charge in [-0.2, -0.15) is 0 Å². The minimum Gasteiger partial charge on any atom is -0.384 e. The van der Waals surface area contributed by atoms with Crippen molar-refractivity contribution in [3.63, 3.8) is 0 Å². The van der Waals surface area contributed by atoms with E-state index in [1.807, 2.05) is 0 Å². The molecule has 0 aliphatic heterocycles. The lowest BCUT2D eigenvalue weighted by Gasteiger charge is -2.22. The van der Waals surface area contributed by atoms with E-state index in [0.29, 0.717) is 5.92 Å². The molecule has 0 atom stereocenters. The van der Waals surface area contributed by atoms with Gasteiger partial charge in [0.05, 0.1) is 11.3 Å². The van der Waals surface area contributed by atoms with Crippen LogP contribution in [0.25, 0.3) is 0 Å². The maximum Gasteiger partial charge on any atom is 0.126 e. The molecule has 1 aromatic rings. The third-order valence-electron chi connectivity index (χ3n) is 4.54. The Morgan fingerprint density at radius 2 is 1.95 bits per heavy atom. The molecule has 1 fully saturated rings. The monoisotopic (exact) mass is 279 g/mol. The van der Waals surface area contributed by atoms with Gasteiger partial charge >= 0.3 is 0 Å². The molecule has 1 saturated carbocycles. The third-order valence-corrected chi connectivity index (χ3v) is 4.54. The van der Waals surface area contributed by atoms with Gasteiger partial charge in [0.2, 0.25) is 0 Å². The molecule has 0 unspecified atom stereocenters. The van der Waals surface area contributed by atoms with Crippen LogP contribution in [-0.2, 0) is 17.7 Å². The Hall–Kier alpha value is -1.03. The first kappa shape index (κ1) is 15.4. The van der Waals surface area contributed by atoms with E-state index in [-0.39, 0.29) is 5.60 Å². The summed E-state index contributed by atoms with van der Waals surface area (Å²) in [6, 6.07) is 0. The smallest absolute Gasteiger partial charge is 0.126 e. The molecule has 4 heteroatoms. The van der Waals surface area contributed by atoms with E-state index in [4.69, 9.17) is 15.5 Å². The summed E-state index contributed by atoms with van der Waals surface area (Å²) in [5.41, 5.74) is 7.11. The Labute approximate surface area is 122 Å². The van der Waals surface area contributed by atoms with E-state index in [0.717, 1.165) is 24.5 Å². The Balaban J connectivity index is 2.28. The van der Waals surface area contributed by atoms with Crippen LogP contribution in [0, 0.1) is 0 Å². The number of nitrogens with zero attached hydrogens (tertiary/aromatic N) is 2. The molecule has 0 spiro atoms. The molecule has 4 nitrogen and oxygen atoms in total. The van der Waals surface area contributed by atoms with Crippen LogP contribution in [0.15, 0.2) is 0 Å². The summed E-state index contributed by atoms with van der Waals surface area (Å²) >= 11 is 0. The molecular formula is C16H29N3O. The zero-order valence-corrected chi connectivity index (χ0v) is 13.4. The number of rotatable bonds is 5. The van der Waals surface area contributed by atoms with Crippen LogP contribution in [0.1, 0.15) is 70.3 Å². The van der Waals surface area contributed by atoms with Gasteiger partial charge in [-0.15, -0.1) is 0 Å². The second-order valence-corrected chi connectivity index (χ2v) is 6.52. The number of aromatic nitrogens is 2. The topological polar surface area (TPSA) is 53.1 Å². The van der Waals surface area contributed by atoms with E-state index in [2.05, 4.69) is 25.3 Å². The van der Waals surface area contributed by atoms with E-state index in [1.54, 1.807) is 7.11 Å². The summed E-state index contributed by atoms with van der Waals surface area (Å²) in [5.74, 6) is 2.62. The lowest BCUT2D eigenvalue weighted by Crippen LogP contribution is -2.26. The van der Waals surface area contributed by atoms with Crippen LogP contribution < -0.4 is 5.73 Å². The van der Waals surface area contributed by atoms with E-state index < -0.39 is 0 Å². The van der Waals surface area contributed by atoms with Crippen molar-refractivity contribution in [1.29, 1.82) is 0 Å². The van der Waals surface area contributed by atoms with Crippen LogP contribution >= 0.6 is 0 Å². The molecule has 0 bridgehead atoms. The number of nitrogens with two attached hydrogens (primary N) is 1. The van der Waals surface area contributed by atoms with Crippen molar-refractivity contribution in [3.8, 4) is 0 Å². The van der Waals surface area contributed by atoms with Crippen molar-refractivity contribution in [2.75, 3.05) is 12.8 Å². The summed E-state index contributed by atoms with van der Waals surface area (Å²) in [5, 5.41) is 0. The fraction of sp³-hybridized carbons (Fsp3) is 0.812. The highest BCUT2D eigenvalue weighted by Gasteiger charge is 2.26. The van der Waals surface area contributed by atoms with Crippen LogP contribution in [0.3, 0.4) is 0 Å². The van der Waals surface area contributed by atoms with Gasteiger partial charge in [0, 0.05) is 26.0 Å². The van der Waals surface area contributed by atoms with Gasteiger partial charge in [0.1, 0.15) is 11.6 Å². The first-order valence-electron chi connectivity index (χ1n) is 7.88. The highest BCUT2D eigenvalue weighted by molar-refractivity contribution is 5.40. The molecule has 2 N–H and O–H groups in total. The molecule has 1 aliphatic rings. The zero-order chi connectivity index (χ0) is 14.8. The predicted octanol–water partition coefficient (Wildman–Crippen LogP) is 3.50. The average molecular weight is 279 g/mol. The summed E-state index contributed by atoms with van der Waals surface area (Å²) in [4.78, 5) is 4.90. The number of methoxy groups -OCH3 is 1. The molecule has 0 radical (unpaired) electrons. The Morgan fingerprint density at radius 1 is 1.30 bits per heavy atom. The number of nitrogen functional groups attached to an aromatic ring is 1. The second kappa shape index (κ2) is 6.17. The Morgan fingerprint density at radius 3 is 2.50 bits per heavy atom. The highest BCUT2D eigenvalue weighted by atomic mass is 16.5. The predicted molar refractivity (Wildman–Crippen MR) is 82.9 cm³/mol. The number of ether oxygens (including phenoxy) is 1. The zero-order valence-electron chi connectivity index (χ0n) is 13.4. The minimum absolute atomic E-state index is 0.217. The molecule has 114 valence electrons. The largest absolute Gasteiger partial charge is 0.384 e. The first-order valence-corrected chi connectivity index (χ1v) is 7.88. The van der Waals surface area contributed by atoms with Crippen LogP contribution in [0.5, 0.6) is 0 Å².